The molecule has 0 heterocycles. The minimum absolute atomic E-state index is 0.0951. The maximum absolute atomic E-state index is 12.1. The molecule has 29 heavy (non-hydrogen) atoms. The number of carboxylic acids is 1. The standard InChI is InChI=1S/C19H19N3O7/c1-3-28-17-9-13(7-8-16(17)29-12(2)19(24)25)11-20-21-18(23)14-5-4-6-15(10-14)22(26)27/h4-12H,3H2,1-2H3,(H,21,23)(H,24,25)/b20-11-/t12-/m1/s1. The lowest BCUT2D eigenvalue weighted by Crippen LogP contribution is -2.23. The zero-order valence-electron chi connectivity index (χ0n) is 15.7. The number of nitrogens with one attached hydrogen (secondary N) is 1. The van der Waals surface area contributed by atoms with Crippen LogP contribution in [0.25, 0.3) is 0 Å². The highest BCUT2D eigenvalue weighted by molar-refractivity contribution is 5.95. The molecule has 0 spiro atoms. The van der Waals surface area contributed by atoms with Crippen LogP contribution in [0.15, 0.2) is 47.6 Å². The van der Waals surface area contributed by atoms with E-state index in [4.69, 9.17) is 14.6 Å². The molecule has 10 heteroatoms. The maximum Gasteiger partial charge on any atom is 0.344 e. The van der Waals surface area contributed by atoms with Gasteiger partial charge in [-0.05, 0) is 43.7 Å². The van der Waals surface area contributed by atoms with E-state index in [1.165, 1.54) is 37.4 Å². The summed E-state index contributed by atoms with van der Waals surface area (Å²) < 4.78 is 10.8. The summed E-state index contributed by atoms with van der Waals surface area (Å²) in [5, 5.41) is 23.6. The van der Waals surface area contributed by atoms with Crippen molar-refractivity contribution in [3.63, 3.8) is 0 Å². The summed E-state index contributed by atoms with van der Waals surface area (Å²) in [6.07, 6.45) is 0.297. The molecule has 0 aliphatic rings. The Hall–Kier alpha value is -3.95. The molecule has 0 unspecified atom stereocenters. The fourth-order valence-electron chi connectivity index (χ4n) is 2.20. The molecule has 2 N–H and O–H groups in total. The fraction of sp³-hybridized carbons (Fsp3) is 0.211. The van der Waals surface area contributed by atoms with Gasteiger partial charge in [-0.2, -0.15) is 5.10 Å². The Labute approximate surface area is 165 Å². The highest BCUT2D eigenvalue weighted by Crippen LogP contribution is 2.29. The minimum atomic E-state index is -1.11. The number of aliphatic carboxylic acids is 1. The van der Waals surface area contributed by atoms with Crippen molar-refractivity contribution >= 4 is 23.8 Å². The van der Waals surface area contributed by atoms with Gasteiger partial charge in [0, 0.05) is 17.7 Å². The van der Waals surface area contributed by atoms with E-state index in [9.17, 15) is 19.7 Å². The van der Waals surface area contributed by atoms with E-state index in [2.05, 4.69) is 10.5 Å². The number of hydrogen-bond donors (Lipinski definition) is 2. The monoisotopic (exact) mass is 401 g/mol. The Morgan fingerprint density at radius 1 is 1.28 bits per heavy atom. The third-order valence-electron chi connectivity index (χ3n) is 3.62. The number of ether oxygens (including phenoxy) is 2. The summed E-state index contributed by atoms with van der Waals surface area (Å²) in [5.41, 5.74) is 2.74. The average molecular weight is 401 g/mol. The Balaban J connectivity index is 2.10. The first-order valence-corrected chi connectivity index (χ1v) is 8.56. The summed E-state index contributed by atoms with van der Waals surface area (Å²) in [4.78, 5) is 33.2. The van der Waals surface area contributed by atoms with Gasteiger partial charge in [0.2, 0.25) is 0 Å². The molecule has 0 fully saturated rings. The number of rotatable bonds is 9. The number of benzene rings is 2. The Morgan fingerprint density at radius 3 is 2.69 bits per heavy atom. The van der Waals surface area contributed by atoms with Gasteiger partial charge in [-0.25, -0.2) is 10.2 Å². The zero-order valence-corrected chi connectivity index (χ0v) is 15.7. The number of nitrogens with zero attached hydrogens (tertiary/aromatic N) is 2. The number of carbonyl (C=O) groups is 2. The van der Waals surface area contributed by atoms with Crippen LogP contribution in [0.4, 0.5) is 5.69 Å². The number of hydrogen-bond acceptors (Lipinski definition) is 7. The van der Waals surface area contributed by atoms with Crippen LogP contribution in [0.1, 0.15) is 29.8 Å². The van der Waals surface area contributed by atoms with Crippen molar-refractivity contribution in [1.82, 2.24) is 5.43 Å². The summed E-state index contributed by atoms with van der Waals surface area (Å²) >= 11 is 0. The second-order valence-electron chi connectivity index (χ2n) is 5.74. The summed E-state index contributed by atoms with van der Waals surface area (Å²) in [5.74, 6) is -1.12. The Morgan fingerprint density at radius 2 is 2.03 bits per heavy atom. The molecule has 2 aromatic carbocycles. The molecule has 0 aliphatic carbocycles. The number of amides is 1. The van der Waals surface area contributed by atoms with Crippen molar-refractivity contribution in [2.75, 3.05) is 6.61 Å². The average Bonchev–Trinajstić information content (AvgIpc) is 2.69. The lowest BCUT2D eigenvalue weighted by Gasteiger charge is -2.15. The van der Waals surface area contributed by atoms with Gasteiger partial charge < -0.3 is 14.6 Å². The van der Waals surface area contributed by atoms with Crippen molar-refractivity contribution in [3.8, 4) is 11.5 Å². The minimum Gasteiger partial charge on any atom is -0.490 e. The van der Waals surface area contributed by atoms with Crippen LogP contribution in [0.2, 0.25) is 0 Å². The van der Waals surface area contributed by atoms with Crippen molar-refractivity contribution in [2.24, 2.45) is 5.10 Å². The van der Waals surface area contributed by atoms with Crippen LogP contribution in [0.5, 0.6) is 11.5 Å². The van der Waals surface area contributed by atoms with Gasteiger partial charge in [0.1, 0.15) is 0 Å². The molecule has 0 aromatic heterocycles. The van der Waals surface area contributed by atoms with Crippen LogP contribution < -0.4 is 14.9 Å². The van der Waals surface area contributed by atoms with Crippen LogP contribution >= 0.6 is 0 Å². The number of carbonyl (C=O) groups excluding carboxylic acids is 1. The number of nitro groups is 1. The van der Waals surface area contributed by atoms with Crippen LogP contribution in [0.3, 0.4) is 0 Å². The van der Waals surface area contributed by atoms with Crippen LogP contribution in [-0.2, 0) is 4.79 Å². The van der Waals surface area contributed by atoms with Crippen molar-refractivity contribution in [3.05, 3.63) is 63.7 Å². The molecule has 0 aliphatic heterocycles. The van der Waals surface area contributed by atoms with Crippen LogP contribution in [0, 0.1) is 10.1 Å². The van der Waals surface area contributed by atoms with Gasteiger partial charge in [-0.3, -0.25) is 14.9 Å². The predicted octanol–water partition coefficient (Wildman–Crippen LogP) is 2.61. The van der Waals surface area contributed by atoms with E-state index in [1.807, 2.05) is 0 Å². The number of nitro benzene ring substituents is 1. The van der Waals surface area contributed by atoms with Crippen molar-refractivity contribution in [1.29, 1.82) is 0 Å². The smallest absolute Gasteiger partial charge is 0.344 e. The van der Waals surface area contributed by atoms with Crippen LogP contribution in [-0.4, -0.2) is 40.8 Å². The molecule has 0 radical (unpaired) electrons. The van der Waals surface area contributed by atoms with E-state index in [-0.39, 0.29) is 17.0 Å². The lowest BCUT2D eigenvalue weighted by molar-refractivity contribution is -0.384. The second-order valence-corrected chi connectivity index (χ2v) is 5.74. The Kier molecular flexibility index (Phi) is 7.24. The predicted molar refractivity (Wildman–Crippen MR) is 103 cm³/mol. The number of carboxylic acid groups (broad SMARTS) is 1. The molecule has 0 saturated heterocycles. The molecule has 10 nitrogen and oxygen atoms in total. The Bertz CT molecular complexity index is 943. The van der Waals surface area contributed by atoms with Gasteiger partial charge in [0.25, 0.3) is 11.6 Å². The molecule has 2 rings (SSSR count). The number of hydrazone groups is 1. The number of non-ortho nitro benzene ring substituents is 1. The molecular weight excluding hydrogens is 382 g/mol. The van der Waals surface area contributed by atoms with E-state index < -0.39 is 22.9 Å². The van der Waals surface area contributed by atoms with E-state index in [0.717, 1.165) is 6.07 Å². The van der Waals surface area contributed by atoms with E-state index in [0.29, 0.717) is 17.9 Å². The molecule has 1 atom stereocenters. The van der Waals surface area contributed by atoms with E-state index >= 15 is 0 Å². The van der Waals surface area contributed by atoms with Gasteiger partial charge in [0.05, 0.1) is 17.7 Å². The first-order chi connectivity index (χ1) is 13.8. The summed E-state index contributed by atoms with van der Waals surface area (Å²) in [6.45, 7) is 3.50. The van der Waals surface area contributed by atoms with Crippen molar-refractivity contribution < 1.29 is 29.1 Å². The molecular formula is C19H19N3O7. The zero-order chi connectivity index (χ0) is 21.4. The fourth-order valence-corrected chi connectivity index (χ4v) is 2.20. The van der Waals surface area contributed by atoms with Gasteiger partial charge in [-0.15, -0.1) is 0 Å². The highest BCUT2D eigenvalue weighted by Gasteiger charge is 2.16. The molecule has 1 amide bonds. The van der Waals surface area contributed by atoms with Crippen molar-refractivity contribution in [2.45, 2.75) is 20.0 Å². The molecule has 2 aromatic rings. The lowest BCUT2D eigenvalue weighted by atomic mass is 10.2. The van der Waals surface area contributed by atoms with Gasteiger partial charge in [0.15, 0.2) is 17.6 Å². The normalized spacial score (nSPS) is 11.7. The third-order valence-corrected chi connectivity index (χ3v) is 3.62. The summed E-state index contributed by atoms with van der Waals surface area (Å²) in [7, 11) is 0. The maximum atomic E-state index is 12.1. The van der Waals surface area contributed by atoms with E-state index in [1.54, 1.807) is 19.1 Å². The van der Waals surface area contributed by atoms with Gasteiger partial charge in [-0.1, -0.05) is 6.07 Å². The first-order valence-electron chi connectivity index (χ1n) is 8.56. The largest absolute Gasteiger partial charge is 0.490 e. The summed E-state index contributed by atoms with van der Waals surface area (Å²) in [6, 6.07) is 9.99. The molecule has 152 valence electrons. The molecule has 0 bridgehead atoms. The quantitative estimate of drug-likeness (QED) is 0.374. The SMILES string of the molecule is CCOc1cc(/C=N\NC(=O)c2cccc([N+](=O)[O-])c2)ccc1O[C@H](C)C(=O)O. The van der Waals surface area contributed by atoms with Gasteiger partial charge >= 0.3 is 5.97 Å². The highest BCUT2D eigenvalue weighted by atomic mass is 16.6. The second kappa shape index (κ2) is 9.83. The third kappa shape index (κ3) is 6.03. The molecule has 0 saturated carbocycles. The topological polar surface area (TPSA) is 140 Å². The first kappa shape index (κ1) is 21.4.